The fourth-order valence-electron chi connectivity index (χ4n) is 2.70. The van der Waals surface area contributed by atoms with Crippen molar-refractivity contribution in [2.75, 3.05) is 11.9 Å². The number of benzene rings is 2. The quantitative estimate of drug-likeness (QED) is 0.705. The zero-order chi connectivity index (χ0) is 19.2. The average molecular weight is 365 g/mol. The summed E-state index contributed by atoms with van der Waals surface area (Å²) in [4.78, 5) is 36.2. The van der Waals surface area contributed by atoms with Crippen molar-refractivity contribution in [3.63, 3.8) is 0 Å². The van der Waals surface area contributed by atoms with E-state index in [9.17, 15) is 14.4 Å². The van der Waals surface area contributed by atoms with Crippen molar-refractivity contribution in [3.8, 4) is 0 Å². The van der Waals surface area contributed by atoms with Crippen molar-refractivity contribution in [2.24, 2.45) is 5.92 Å². The Labute approximate surface area is 158 Å². The molecule has 1 saturated carbocycles. The highest BCUT2D eigenvalue weighted by atomic mass is 16.2. The number of rotatable bonds is 7. The molecule has 140 valence electrons. The van der Waals surface area contributed by atoms with Gasteiger partial charge in [0.05, 0.1) is 0 Å². The fourth-order valence-corrected chi connectivity index (χ4v) is 2.70. The van der Waals surface area contributed by atoms with E-state index in [1.54, 1.807) is 42.5 Å². The second-order valence-corrected chi connectivity index (χ2v) is 6.59. The first-order valence-corrected chi connectivity index (χ1v) is 9.13. The molecule has 3 rings (SSSR count). The van der Waals surface area contributed by atoms with Gasteiger partial charge in [0, 0.05) is 35.8 Å². The van der Waals surface area contributed by atoms with E-state index in [2.05, 4.69) is 16.0 Å². The number of anilines is 1. The van der Waals surface area contributed by atoms with E-state index in [0.29, 0.717) is 29.9 Å². The Morgan fingerprint density at radius 2 is 1.59 bits per heavy atom. The highest BCUT2D eigenvalue weighted by Crippen LogP contribution is 2.30. The average Bonchev–Trinajstić information content (AvgIpc) is 3.52. The number of carbonyl (C=O) groups is 3. The summed E-state index contributed by atoms with van der Waals surface area (Å²) in [6, 6.07) is 14.0. The molecule has 0 heterocycles. The Bertz CT molecular complexity index is 859. The van der Waals surface area contributed by atoms with Gasteiger partial charge in [-0.25, -0.2) is 0 Å². The van der Waals surface area contributed by atoms with Crippen molar-refractivity contribution >= 4 is 23.4 Å². The van der Waals surface area contributed by atoms with Crippen molar-refractivity contribution < 1.29 is 14.4 Å². The molecule has 6 nitrogen and oxygen atoms in total. The Hall–Kier alpha value is -3.15. The summed E-state index contributed by atoms with van der Waals surface area (Å²) in [7, 11) is 0. The lowest BCUT2D eigenvalue weighted by Gasteiger charge is -2.09. The number of nitrogens with one attached hydrogen (secondary N) is 3. The summed E-state index contributed by atoms with van der Waals surface area (Å²) in [6.45, 7) is 2.74. The van der Waals surface area contributed by atoms with Crippen LogP contribution in [0.3, 0.4) is 0 Å². The fraction of sp³-hybridized carbons (Fsp3) is 0.286. The summed E-state index contributed by atoms with van der Waals surface area (Å²) in [5, 5.41) is 8.44. The Morgan fingerprint density at radius 1 is 0.926 bits per heavy atom. The van der Waals surface area contributed by atoms with E-state index < -0.39 is 0 Å². The highest BCUT2D eigenvalue weighted by Gasteiger charge is 2.29. The third kappa shape index (κ3) is 5.17. The molecule has 0 radical (unpaired) electrons. The molecule has 0 aliphatic heterocycles. The molecule has 2 aromatic carbocycles. The van der Waals surface area contributed by atoms with Crippen LogP contribution in [-0.4, -0.2) is 24.3 Å². The molecule has 6 heteroatoms. The molecule has 0 aromatic heterocycles. The minimum atomic E-state index is -0.235. The summed E-state index contributed by atoms with van der Waals surface area (Å²) in [5.41, 5.74) is 2.50. The summed E-state index contributed by atoms with van der Waals surface area (Å²) in [6.07, 6.45) is 1.86. The van der Waals surface area contributed by atoms with E-state index >= 15 is 0 Å². The third-order valence-electron chi connectivity index (χ3n) is 4.32. The first-order valence-electron chi connectivity index (χ1n) is 9.13. The van der Waals surface area contributed by atoms with Gasteiger partial charge in [-0.15, -0.1) is 0 Å². The molecule has 3 N–H and O–H groups in total. The number of hydrogen-bond acceptors (Lipinski definition) is 3. The van der Waals surface area contributed by atoms with Crippen LogP contribution in [0.15, 0.2) is 48.5 Å². The van der Waals surface area contributed by atoms with Gasteiger partial charge in [-0.1, -0.05) is 18.2 Å². The summed E-state index contributed by atoms with van der Waals surface area (Å²) < 4.78 is 0. The van der Waals surface area contributed by atoms with Gasteiger partial charge < -0.3 is 16.0 Å². The molecule has 1 fully saturated rings. The van der Waals surface area contributed by atoms with E-state index in [-0.39, 0.29) is 23.6 Å². The maximum absolute atomic E-state index is 12.4. The lowest BCUT2D eigenvalue weighted by atomic mass is 10.1. The summed E-state index contributed by atoms with van der Waals surface area (Å²) >= 11 is 0. The molecule has 0 atom stereocenters. The number of amides is 3. The van der Waals surface area contributed by atoms with Crippen LogP contribution in [0.25, 0.3) is 0 Å². The van der Waals surface area contributed by atoms with Crippen molar-refractivity contribution in [1.29, 1.82) is 0 Å². The first kappa shape index (κ1) is 18.6. The van der Waals surface area contributed by atoms with Crippen LogP contribution in [0.5, 0.6) is 0 Å². The molecule has 3 amide bonds. The minimum Gasteiger partial charge on any atom is -0.352 e. The van der Waals surface area contributed by atoms with Gasteiger partial charge in [0.2, 0.25) is 5.91 Å². The van der Waals surface area contributed by atoms with Crippen molar-refractivity contribution in [2.45, 2.75) is 26.3 Å². The largest absolute Gasteiger partial charge is 0.352 e. The number of hydrogen-bond donors (Lipinski definition) is 3. The highest BCUT2D eigenvalue weighted by molar-refractivity contribution is 5.98. The smallest absolute Gasteiger partial charge is 0.251 e. The lowest BCUT2D eigenvalue weighted by Crippen LogP contribution is -2.24. The Morgan fingerprint density at radius 3 is 2.30 bits per heavy atom. The molecule has 0 spiro atoms. The van der Waals surface area contributed by atoms with Gasteiger partial charge in [0.1, 0.15) is 0 Å². The molecule has 1 aliphatic carbocycles. The minimum absolute atomic E-state index is 0.00901. The van der Waals surface area contributed by atoms with E-state index in [1.807, 2.05) is 13.0 Å². The zero-order valence-electron chi connectivity index (χ0n) is 15.2. The molecule has 27 heavy (non-hydrogen) atoms. The standard InChI is InChI=1S/C21H23N3O3/c1-2-22-19(25)16-6-3-5-14(11-16)13-23-20(26)17-7-4-8-18(12-17)24-21(27)15-9-10-15/h3-8,11-12,15H,2,9-10,13H2,1H3,(H,22,25)(H,23,26)(H,24,27). The molecule has 1 aliphatic rings. The van der Waals surface area contributed by atoms with Gasteiger partial charge in [0.15, 0.2) is 0 Å². The monoisotopic (exact) mass is 365 g/mol. The van der Waals surface area contributed by atoms with Gasteiger partial charge in [-0.3, -0.25) is 14.4 Å². The van der Waals surface area contributed by atoms with Crippen molar-refractivity contribution in [3.05, 3.63) is 65.2 Å². The van der Waals surface area contributed by atoms with Crippen LogP contribution >= 0.6 is 0 Å². The van der Waals surface area contributed by atoms with Crippen LogP contribution < -0.4 is 16.0 Å². The van der Waals surface area contributed by atoms with Crippen LogP contribution in [0.2, 0.25) is 0 Å². The normalized spacial score (nSPS) is 12.9. The van der Waals surface area contributed by atoms with Crippen LogP contribution in [0.4, 0.5) is 5.69 Å². The van der Waals surface area contributed by atoms with Crippen LogP contribution in [0, 0.1) is 5.92 Å². The van der Waals surface area contributed by atoms with E-state index in [0.717, 1.165) is 18.4 Å². The van der Waals surface area contributed by atoms with Gasteiger partial charge in [-0.05, 0) is 55.7 Å². The molecule has 0 bridgehead atoms. The van der Waals surface area contributed by atoms with E-state index in [4.69, 9.17) is 0 Å². The molecular formula is C21H23N3O3. The predicted octanol–water partition coefficient (Wildman–Crippen LogP) is 2.71. The van der Waals surface area contributed by atoms with Gasteiger partial charge >= 0.3 is 0 Å². The second kappa shape index (κ2) is 8.49. The Balaban J connectivity index is 1.60. The van der Waals surface area contributed by atoms with Crippen LogP contribution in [0.1, 0.15) is 46.0 Å². The van der Waals surface area contributed by atoms with Gasteiger partial charge in [-0.2, -0.15) is 0 Å². The maximum Gasteiger partial charge on any atom is 0.251 e. The first-order chi connectivity index (χ1) is 13.1. The molecule has 0 saturated heterocycles. The SMILES string of the molecule is CCNC(=O)c1cccc(CNC(=O)c2cccc(NC(=O)C3CC3)c2)c1. The topological polar surface area (TPSA) is 87.3 Å². The predicted molar refractivity (Wildman–Crippen MR) is 103 cm³/mol. The van der Waals surface area contributed by atoms with Gasteiger partial charge in [0.25, 0.3) is 11.8 Å². The third-order valence-corrected chi connectivity index (χ3v) is 4.32. The maximum atomic E-state index is 12.4. The van der Waals surface area contributed by atoms with E-state index in [1.165, 1.54) is 0 Å². The van der Waals surface area contributed by atoms with Crippen LogP contribution in [-0.2, 0) is 11.3 Å². The Kier molecular flexibility index (Phi) is 5.86. The van der Waals surface area contributed by atoms with Crippen molar-refractivity contribution in [1.82, 2.24) is 10.6 Å². The molecule has 2 aromatic rings. The lowest BCUT2D eigenvalue weighted by molar-refractivity contribution is -0.117. The molecular weight excluding hydrogens is 342 g/mol. The number of carbonyl (C=O) groups excluding carboxylic acids is 3. The summed E-state index contributed by atoms with van der Waals surface area (Å²) in [5.74, 6) is -0.250. The second-order valence-electron chi connectivity index (χ2n) is 6.59. The zero-order valence-corrected chi connectivity index (χ0v) is 15.2. The molecule has 0 unspecified atom stereocenters.